The van der Waals surface area contributed by atoms with E-state index < -0.39 is 5.60 Å². The zero-order valence-electron chi connectivity index (χ0n) is 11.8. The Hall–Kier alpha value is -1.86. The Morgan fingerprint density at radius 1 is 1.45 bits per heavy atom. The van der Waals surface area contributed by atoms with Gasteiger partial charge in [0, 0.05) is 17.9 Å². The lowest BCUT2D eigenvalue weighted by molar-refractivity contribution is 0.0613. The number of halogens is 1. The van der Waals surface area contributed by atoms with Crippen molar-refractivity contribution in [2.24, 2.45) is 0 Å². The van der Waals surface area contributed by atoms with E-state index in [0.717, 1.165) is 5.75 Å². The van der Waals surface area contributed by atoms with Crippen molar-refractivity contribution < 1.29 is 14.3 Å². The number of benzene rings is 1. The molecule has 1 aromatic heterocycles. The van der Waals surface area contributed by atoms with E-state index in [0.29, 0.717) is 29.0 Å². The molecule has 0 radical (unpaired) electrons. The van der Waals surface area contributed by atoms with Crippen molar-refractivity contribution in [1.82, 2.24) is 15.5 Å². The average Bonchev–Trinajstić information content (AvgIpc) is 3.15. The molecule has 1 amide bonds. The van der Waals surface area contributed by atoms with Crippen molar-refractivity contribution in [3.05, 3.63) is 41.8 Å². The Labute approximate surface area is 131 Å². The van der Waals surface area contributed by atoms with Crippen LogP contribution in [-0.2, 0) is 0 Å². The lowest BCUT2D eigenvalue weighted by Gasteiger charge is -2.21. The Kier molecular flexibility index (Phi) is 4.17. The van der Waals surface area contributed by atoms with Crippen molar-refractivity contribution in [1.29, 1.82) is 0 Å². The van der Waals surface area contributed by atoms with Gasteiger partial charge in [0.2, 0.25) is 0 Å². The van der Waals surface area contributed by atoms with Crippen LogP contribution in [0.3, 0.4) is 0 Å². The van der Waals surface area contributed by atoms with Crippen molar-refractivity contribution in [2.75, 3.05) is 18.1 Å². The van der Waals surface area contributed by atoms with Crippen LogP contribution >= 0.6 is 11.8 Å². The molecule has 7 heteroatoms. The molecule has 0 aliphatic carbocycles. The maximum atomic E-state index is 13.0. The van der Waals surface area contributed by atoms with Crippen LogP contribution in [0.5, 0.6) is 0 Å². The second kappa shape index (κ2) is 6.10. The Balaban J connectivity index is 1.73. The van der Waals surface area contributed by atoms with E-state index in [1.54, 1.807) is 23.9 Å². The molecule has 0 bridgehead atoms. The smallest absolute Gasteiger partial charge is 0.255 e. The van der Waals surface area contributed by atoms with Crippen LogP contribution in [0.25, 0.3) is 11.3 Å². The monoisotopic (exact) mass is 321 g/mol. The highest BCUT2D eigenvalue weighted by Crippen LogP contribution is 2.27. The van der Waals surface area contributed by atoms with E-state index in [4.69, 9.17) is 0 Å². The molecule has 1 saturated heterocycles. The van der Waals surface area contributed by atoms with Crippen molar-refractivity contribution >= 4 is 17.7 Å². The lowest BCUT2D eigenvalue weighted by atomic mass is 10.0. The summed E-state index contributed by atoms with van der Waals surface area (Å²) in [6.45, 7) is 0.215. The first-order valence-corrected chi connectivity index (χ1v) is 8.10. The predicted molar refractivity (Wildman–Crippen MR) is 83.2 cm³/mol. The van der Waals surface area contributed by atoms with E-state index in [1.165, 1.54) is 18.3 Å². The van der Waals surface area contributed by atoms with Gasteiger partial charge in [-0.1, -0.05) is 0 Å². The SMILES string of the molecule is O=C(NCC1(O)CCSC1)c1cn[nH]c1-c1ccc(F)cc1. The van der Waals surface area contributed by atoms with Crippen LogP contribution in [0.15, 0.2) is 30.5 Å². The summed E-state index contributed by atoms with van der Waals surface area (Å²) in [4.78, 5) is 12.3. The molecular weight excluding hydrogens is 305 g/mol. The fourth-order valence-electron chi connectivity index (χ4n) is 2.37. The van der Waals surface area contributed by atoms with Gasteiger partial charge in [0.05, 0.1) is 23.1 Å². The van der Waals surface area contributed by atoms with Gasteiger partial charge in [-0.3, -0.25) is 9.89 Å². The molecule has 1 aliphatic rings. The Morgan fingerprint density at radius 3 is 2.91 bits per heavy atom. The molecule has 0 spiro atoms. The van der Waals surface area contributed by atoms with Crippen molar-refractivity contribution in [3.63, 3.8) is 0 Å². The first-order chi connectivity index (χ1) is 10.6. The molecule has 2 aromatic rings. The van der Waals surface area contributed by atoms with Crippen LogP contribution in [0.4, 0.5) is 4.39 Å². The summed E-state index contributed by atoms with van der Waals surface area (Å²) < 4.78 is 13.0. The number of aromatic amines is 1. The lowest BCUT2D eigenvalue weighted by Crippen LogP contribution is -2.43. The van der Waals surface area contributed by atoms with Crippen LogP contribution < -0.4 is 5.32 Å². The quantitative estimate of drug-likeness (QED) is 0.802. The van der Waals surface area contributed by atoms with Gasteiger partial charge < -0.3 is 10.4 Å². The van der Waals surface area contributed by atoms with Gasteiger partial charge in [0.1, 0.15) is 5.82 Å². The highest BCUT2D eigenvalue weighted by atomic mass is 32.2. The normalized spacial score (nSPS) is 21.0. The van der Waals surface area contributed by atoms with Crippen LogP contribution in [0.1, 0.15) is 16.8 Å². The minimum atomic E-state index is -0.833. The molecular formula is C15H16FN3O2S. The summed E-state index contributed by atoms with van der Waals surface area (Å²) in [6.07, 6.45) is 2.11. The minimum Gasteiger partial charge on any atom is -0.387 e. The summed E-state index contributed by atoms with van der Waals surface area (Å²) in [7, 11) is 0. The molecule has 116 valence electrons. The number of thioether (sulfide) groups is 1. The molecule has 3 rings (SSSR count). The summed E-state index contributed by atoms with van der Waals surface area (Å²) in [5.41, 5.74) is 0.755. The summed E-state index contributed by atoms with van der Waals surface area (Å²) >= 11 is 1.68. The molecule has 1 unspecified atom stereocenters. The molecule has 22 heavy (non-hydrogen) atoms. The summed E-state index contributed by atoms with van der Waals surface area (Å²) in [5.74, 6) is 0.885. The number of amides is 1. The number of carbonyl (C=O) groups excluding carboxylic acids is 1. The van der Waals surface area contributed by atoms with E-state index in [-0.39, 0.29) is 18.3 Å². The molecule has 3 N–H and O–H groups in total. The highest BCUT2D eigenvalue weighted by molar-refractivity contribution is 7.99. The number of hydrogen-bond acceptors (Lipinski definition) is 4. The number of aliphatic hydroxyl groups is 1. The van der Waals surface area contributed by atoms with Crippen LogP contribution in [0.2, 0.25) is 0 Å². The van der Waals surface area contributed by atoms with Gasteiger partial charge in [0.25, 0.3) is 5.91 Å². The largest absolute Gasteiger partial charge is 0.387 e. The van der Waals surface area contributed by atoms with E-state index in [1.807, 2.05) is 0 Å². The second-order valence-corrected chi connectivity index (χ2v) is 6.48. The molecule has 1 aliphatic heterocycles. The molecule has 1 fully saturated rings. The van der Waals surface area contributed by atoms with Gasteiger partial charge in [-0.25, -0.2) is 4.39 Å². The standard InChI is InChI=1S/C15H16FN3O2S/c16-11-3-1-10(2-4-11)13-12(7-18-19-13)14(20)17-8-15(21)5-6-22-9-15/h1-4,7,21H,5-6,8-9H2,(H,17,20)(H,18,19). The number of H-pyrrole nitrogens is 1. The minimum absolute atomic E-state index is 0.215. The predicted octanol–water partition coefficient (Wildman–Crippen LogP) is 1.81. The highest BCUT2D eigenvalue weighted by Gasteiger charge is 2.32. The van der Waals surface area contributed by atoms with Gasteiger partial charge in [-0.15, -0.1) is 0 Å². The first-order valence-electron chi connectivity index (χ1n) is 6.95. The van der Waals surface area contributed by atoms with Crippen LogP contribution in [0, 0.1) is 5.82 Å². The van der Waals surface area contributed by atoms with Gasteiger partial charge >= 0.3 is 0 Å². The number of carbonyl (C=O) groups is 1. The topological polar surface area (TPSA) is 78.0 Å². The fraction of sp³-hybridized carbons (Fsp3) is 0.333. The molecule has 1 aromatic carbocycles. The average molecular weight is 321 g/mol. The Morgan fingerprint density at radius 2 is 2.23 bits per heavy atom. The first kappa shape index (κ1) is 15.1. The molecule has 1 atom stereocenters. The Bertz CT molecular complexity index is 666. The third-order valence-electron chi connectivity index (χ3n) is 3.68. The maximum absolute atomic E-state index is 13.0. The number of hydrogen-bond donors (Lipinski definition) is 3. The van der Waals surface area contributed by atoms with E-state index in [9.17, 15) is 14.3 Å². The van der Waals surface area contributed by atoms with Crippen molar-refractivity contribution in [2.45, 2.75) is 12.0 Å². The molecule has 0 saturated carbocycles. The van der Waals surface area contributed by atoms with Gasteiger partial charge in [0.15, 0.2) is 0 Å². The summed E-state index contributed by atoms with van der Waals surface area (Å²) in [6, 6.07) is 5.83. The number of aromatic nitrogens is 2. The number of rotatable bonds is 4. The summed E-state index contributed by atoms with van der Waals surface area (Å²) in [5, 5.41) is 19.7. The van der Waals surface area contributed by atoms with E-state index >= 15 is 0 Å². The zero-order valence-corrected chi connectivity index (χ0v) is 12.6. The number of nitrogens with one attached hydrogen (secondary N) is 2. The zero-order chi connectivity index (χ0) is 15.6. The van der Waals surface area contributed by atoms with E-state index in [2.05, 4.69) is 15.5 Å². The third-order valence-corrected chi connectivity index (χ3v) is 4.91. The van der Waals surface area contributed by atoms with Gasteiger partial charge in [-0.05, 0) is 36.4 Å². The van der Waals surface area contributed by atoms with Crippen LogP contribution in [-0.4, -0.2) is 44.9 Å². The maximum Gasteiger partial charge on any atom is 0.255 e. The third kappa shape index (κ3) is 3.15. The van der Waals surface area contributed by atoms with Gasteiger partial charge in [-0.2, -0.15) is 16.9 Å². The molecule has 5 nitrogen and oxygen atoms in total. The molecule has 2 heterocycles. The van der Waals surface area contributed by atoms with Crippen molar-refractivity contribution in [3.8, 4) is 11.3 Å². The number of nitrogens with zero attached hydrogens (tertiary/aromatic N) is 1. The fourth-order valence-corrected chi connectivity index (χ4v) is 3.67. The second-order valence-electron chi connectivity index (χ2n) is 5.38.